The second-order valence-corrected chi connectivity index (χ2v) is 12.0. The number of aromatic nitrogens is 1. The van der Waals surface area contributed by atoms with Crippen LogP contribution in [-0.4, -0.2) is 13.3 Å². The summed E-state index contributed by atoms with van der Waals surface area (Å²) in [6.45, 7) is 11.2. The molecule has 1 heterocycles. The van der Waals surface area contributed by atoms with E-state index < -0.39 is 8.32 Å². The average molecular weight is 309 g/mol. The molecule has 0 bridgehead atoms. The number of pyridine rings is 1. The van der Waals surface area contributed by atoms with Gasteiger partial charge in [0.05, 0.1) is 22.4 Å². The van der Waals surface area contributed by atoms with E-state index >= 15 is 0 Å². The van der Waals surface area contributed by atoms with E-state index in [4.69, 9.17) is 21.3 Å². The van der Waals surface area contributed by atoms with Gasteiger partial charge in [-0.15, -0.1) is 0 Å². The molecule has 0 radical (unpaired) electrons. The maximum absolute atomic E-state index is 9.01. The molecule has 0 N–H and O–H groups in total. The molecule has 1 unspecified atom stereocenters. The molecule has 2 rings (SSSR count). The van der Waals surface area contributed by atoms with Crippen molar-refractivity contribution in [2.24, 2.45) is 0 Å². The summed E-state index contributed by atoms with van der Waals surface area (Å²) in [7, 11) is -1.83. The van der Waals surface area contributed by atoms with E-state index in [1.54, 1.807) is 6.20 Å². The zero-order chi connectivity index (χ0) is 15.1. The molecule has 1 aliphatic carbocycles. The number of fused-ring (bicyclic) bond motifs is 1. The first kappa shape index (κ1) is 15.5. The van der Waals surface area contributed by atoms with E-state index in [0.29, 0.717) is 10.6 Å². The van der Waals surface area contributed by atoms with Crippen molar-refractivity contribution in [3.63, 3.8) is 0 Å². The largest absolute Gasteiger partial charge is 0.408 e. The van der Waals surface area contributed by atoms with Crippen LogP contribution in [0, 0.1) is 11.3 Å². The third-order valence-electron chi connectivity index (χ3n) is 4.47. The zero-order valence-electron chi connectivity index (χ0n) is 12.7. The highest BCUT2D eigenvalue weighted by Crippen LogP contribution is 2.44. The predicted molar refractivity (Wildman–Crippen MR) is 83.3 cm³/mol. The van der Waals surface area contributed by atoms with Gasteiger partial charge >= 0.3 is 0 Å². The molecule has 1 aromatic heterocycles. The van der Waals surface area contributed by atoms with Crippen LogP contribution in [0.1, 0.15) is 50.1 Å². The quantitative estimate of drug-likeness (QED) is 0.749. The molecule has 108 valence electrons. The van der Waals surface area contributed by atoms with E-state index in [9.17, 15) is 0 Å². The number of hydrogen-bond donors (Lipinski definition) is 0. The highest BCUT2D eigenvalue weighted by Gasteiger charge is 2.41. The van der Waals surface area contributed by atoms with Gasteiger partial charge in [-0.2, -0.15) is 5.26 Å². The number of hydrogen-bond acceptors (Lipinski definition) is 3. The van der Waals surface area contributed by atoms with Gasteiger partial charge in [-0.05, 0) is 36.5 Å². The molecule has 0 spiro atoms. The molecule has 0 saturated heterocycles. The maximum atomic E-state index is 9.01. The van der Waals surface area contributed by atoms with E-state index in [0.717, 1.165) is 24.1 Å². The summed E-state index contributed by atoms with van der Waals surface area (Å²) >= 11 is 6.27. The minimum atomic E-state index is -1.83. The molecule has 0 aliphatic heterocycles. The van der Waals surface area contributed by atoms with Crippen molar-refractivity contribution >= 4 is 19.9 Å². The lowest BCUT2D eigenvalue weighted by atomic mass is 10.1. The second-order valence-electron chi connectivity index (χ2n) is 6.87. The van der Waals surface area contributed by atoms with Crippen LogP contribution in [0.4, 0.5) is 0 Å². The van der Waals surface area contributed by atoms with Crippen LogP contribution in [0.3, 0.4) is 0 Å². The van der Waals surface area contributed by atoms with E-state index in [1.165, 1.54) is 0 Å². The fourth-order valence-corrected chi connectivity index (χ4v) is 3.77. The third-order valence-corrected chi connectivity index (χ3v) is 9.39. The summed E-state index contributed by atoms with van der Waals surface area (Å²) in [5.74, 6) is 0. The lowest BCUT2D eigenvalue weighted by Gasteiger charge is -2.38. The van der Waals surface area contributed by atoms with Crippen LogP contribution in [0.25, 0.3) is 0 Å². The van der Waals surface area contributed by atoms with Crippen LogP contribution in [0.15, 0.2) is 6.20 Å². The number of rotatable bonds is 2. The van der Waals surface area contributed by atoms with Crippen LogP contribution in [0.5, 0.6) is 0 Å². The Morgan fingerprint density at radius 3 is 2.65 bits per heavy atom. The molecule has 5 heteroatoms. The fraction of sp³-hybridized carbons (Fsp3) is 0.600. The van der Waals surface area contributed by atoms with Crippen molar-refractivity contribution < 1.29 is 4.43 Å². The van der Waals surface area contributed by atoms with Gasteiger partial charge in [0.15, 0.2) is 8.32 Å². The Bertz CT molecular complexity index is 572. The van der Waals surface area contributed by atoms with Gasteiger partial charge in [0.25, 0.3) is 0 Å². The van der Waals surface area contributed by atoms with Crippen molar-refractivity contribution in [1.82, 2.24) is 4.98 Å². The SMILES string of the molecule is CC(C)(C)[Si](C)(C)OC1CCc2c1ncc(C#N)c2Cl. The van der Waals surface area contributed by atoms with Crippen molar-refractivity contribution in [2.75, 3.05) is 0 Å². The lowest BCUT2D eigenvalue weighted by Crippen LogP contribution is -2.41. The molecule has 20 heavy (non-hydrogen) atoms. The molecule has 0 aromatic carbocycles. The topological polar surface area (TPSA) is 45.9 Å². The normalized spacial score (nSPS) is 18.8. The maximum Gasteiger partial charge on any atom is 0.192 e. The molecular weight excluding hydrogens is 288 g/mol. The predicted octanol–water partition coefficient (Wildman–Crippen LogP) is 4.62. The first-order chi connectivity index (χ1) is 9.17. The van der Waals surface area contributed by atoms with Crippen molar-refractivity contribution in [1.29, 1.82) is 5.26 Å². The van der Waals surface area contributed by atoms with Crippen molar-refractivity contribution in [3.05, 3.63) is 28.0 Å². The average Bonchev–Trinajstić information content (AvgIpc) is 2.72. The number of nitrogens with zero attached hydrogens (tertiary/aromatic N) is 2. The van der Waals surface area contributed by atoms with Crippen LogP contribution < -0.4 is 0 Å². The molecule has 0 saturated carbocycles. The highest BCUT2D eigenvalue weighted by atomic mass is 35.5. The van der Waals surface area contributed by atoms with Crippen LogP contribution in [0.2, 0.25) is 23.2 Å². The summed E-state index contributed by atoms with van der Waals surface area (Å²) in [5, 5.41) is 9.74. The first-order valence-corrected chi connectivity index (χ1v) is 10.2. The zero-order valence-corrected chi connectivity index (χ0v) is 14.5. The fourth-order valence-electron chi connectivity index (χ4n) is 2.20. The van der Waals surface area contributed by atoms with Crippen molar-refractivity contribution in [2.45, 2.75) is 57.8 Å². The molecule has 0 fully saturated rings. The Morgan fingerprint density at radius 2 is 2.10 bits per heavy atom. The standard InChI is InChI=1S/C15H21ClN2OSi/c1-15(2,3)20(4,5)19-12-7-6-11-13(16)10(8-17)9-18-14(11)12/h9,12H,6-7H2,1-5H3. The molecule has 0 amide bonds. The Balaban J connectivity index is 2.31. The summed E-state index contributed by atoms with van der Waals surface area (Å²) in [5.41, 5.74) is 2.38. The molecule has 1 aliphatic rings. The Labute approximate surface area is 127 Å². The molecular formula is C15H21ClN2OSi. The van der Waals surface area contributed by atoms with Gasteiger partial charge in [-0.3, -0.25) is 4.98 Å². The van der Waals surface area contributed by atoms with Gasteiger partial charge in [0, 0.05) is 6.20 Å². The van der Waals surface area contributed by atoms with Crippen LogP contribution >= 0.6 is 11.6 Å². The summed E-state index contributed by atoms with van der Waals surface area (Å²) < 4.78 is 6.45. The van der Waals surface area contributed by atoms with E-state index in [2.05, 4.69) is 44.9 Å². The van der Waals surface area contributed by atoms with Crippen LogP contribution in [-0.2, 0) is 10.8 Å². The highest BCUT2D eigenvalue weighted by molar-refractivity contribution is 6.74. The minimum Gasteiger partial charge on any atom is -0.408 e. The monoisotopic (exact) mass is 308 g/mol. The smallest absolute Gasteiger partial charge is 0.192 e. The number of nitriles is 1. The molecule has 3 nitrogen and oxygen atoms in total. The summed E-state index contributed by atoms with van der Waals surface area (Å²) in [4.78, 5) is 4.43. The lowest BCUT2D eigenvalue weighted by molar-refractivity contribution is 0.181. The van der Waals surface area contributed by atoms with Gasteiger partial charge in [-0.25, -0.2) is 0 Å². The molecule has 1 atom stereocenters. The van der Waals surface area contributed by atoms with Gasteiger partial charge < -0.3 is 4.43 Å². The Morgan fingerprint density at radius 1 is 1.45 bits per heavy atom. The van der Waals surface area contributed by atoms with Gasteiger partial charge in [0.2, 0.25) is 0 Å². The van der Waals surface area contributed by atoms with Crippen molar-refractivity contribution in [3.8, 4) is 6.07 Å². The summed E-state index contributed by atoms with van der Waals surface area (Å²) in [6, 6.07) is 2.09. The molecule has 1 aromatic rings. The van der Waals surface area contributed by atoms with Gasteiger partial charge in [-0.1, -0.05) is 32.4 Å². The van der Waals surface area contributed by atoms with Gasteiger partial charge in [0.1, 0.15) is 6.07 Å². The Kier molecular flexibility index (Phi) is 3.98. The third kappa shape index (κ3) is 2.63. The Hall–Kier alpha value is -0.893. The summed E-state index contributed by atoms with van der Waals surface area (Å²) in [6.07, 6.45) is 3.34. The van der Waals surface area contributed by atoms with E-state index in [-0.39, 0.29) is 11.1 Å². The van der Waals surface area contributed by atoms with E-state index in [1.807, 2.05) is 0 Å². The first-order valence-electron chi connectivity index (χ1n) is 6.92. The number of halogens is 1. The minimum absolute atomic E-state index is 0.0242. The second kappa shape index (κ2) is 5.14.